The second kappa shape index (κ2) is 2.42. The Morgan fingerprint density at radius 1 is 1.44 bits per heavy atom. The monoisotopic (exact) mass is 139 g/mol. The first-order valence-corrected chi connectivity index (χ1v) is 2.56. The van der Waals surface area contributed by atoms with E-state index in [1.54, 1.807) is 0 Å². The van der Waals surface area contributed by atoms with Crippen LogP contribution in [0.3, 0.4) is 0 Å². The Kier molecular flexibility index (Phi) is 1.61. The van der Waals surface area contributed by atoms with Gasteiger partial charge in [-0.3, -0.25) is 4.98 Å². The highest BCUT2D eigenvalue weighted by atomic mass is 35.5. The van der Waals surface area contributed by atoms with Gasteiger partial charge in [0.1, 0.15) is 6.20 Å². The Morgan fingerprint density at radius 2 is 2.11 bits per heavy atom. The van der Waals surface area contributed by atoms with Crippen molar-refractivity contribution in [1.29, 1.82) is 0 Å². The molecule has 0 N–H and O–H groups in total. The summed E-state index contributed by atoms with van der Waals surface area (Å²) >= 11 is 5.44. The zero-order valence-electron chi connectivity index (χ0n) is 4.37. The molecule has 0 aliphatic rings. The first kappa shape index (κ1) is 5.99. The van der Waals surface area contributed by atoms with Crippen LogP contribution < -0.4 is 0 Å². The van der Waals surface area contributed by atoms with Crippen LogP contribution in [0.5, 0.6) is 0 Å². The second-order valence-electron chi connectivity index (χ2n) is 1.28. The predicted octanol–water partition coefficient (Wildman–Crippen LogP) is 1.68. The highest BCUT2D eigenvalue weighted by Gasteiger charge is 1.97. The molecule has 0 radical (unpaired) electrons. The van der Waals surface area contributed by atoms with Gasteiger partial charge in [-0.05, 0) is 0 Å². The van der Waals surface area contributed by atoms with E-state index in [0.29, 0.717) is 0 Å². The van der Waals surface area contributed by atoms with Crippen LogP contribution in [0.1, 0.15) is 0 Å². The Balaban J connectivity index is 3.20. The van der Waals surface area contributed by atoms with Crippen LogP contribution in [0.2, 0.25) is 5.15 Å². The maximum atomic E-state index is 6.52. The summed E-state index contributed by atoms with van der Waals surface area (Å²) in [5, 5.41) is 0.160. The first-order valence-electron chi connectivity index (χ1n) is 2.18. The van der Waals surface area contributed by atoms with Gasteiger partial charge in [0.2, 0.25) is 0 Å². The Morgan fingerprint density at radius 3 is 2.56 bits per heavy atom. The number of nitrogens with zero attached hydrogens (tertiary/aromatic N) is 3. The highest BCUT2D eigenvalue weighted by Crippen LogP contribution is 2.16. The van der Waals surface area contributed by atoms with Crippen molar-refractivity contribution in [3.8, 4) is 0 Å². The topological polar surface area (TPSA) is 30.1 Å². The molecule has 0 unspecified atom stereocenters. The molecule has 0 spiro atoms. The first-order chi connectivity index (χ1) is 4.34. The number of rotatable bonds is 0. The molecule has 0 aromatic carbocycles. The van der Waals surface area contributed by atoms with E-state index in [1.165, 1.54) is 12.4 Å². The van der Waals surface area contributed by atoms with E-state index in [1.807, 2.05) is 0 Å². The van der Waals surface area contributed by atoms with Crippen LogP contribution in [-0.2, 0) is 0 Å². The fraction of sp³-hybridized carbons (Fsp3) is 0. The predicted molar refractivity (Wildman–Crippen MR) is 33.3 cm³/mol. The van der Waals surface area contributed by atoms with Crippen molar-refractivity contribution in [2.24, 2.45) is 0 Å². The smallest absolute Gasteiger partial charge is 0.307 e. The van der Waals surface area contributed by atoms with Gasteiger partial charge in [-0.25, -0.2) is 0 Å². The quantitative estimate of drug-likeness (QED) is 0.512. The van der Waals surface area contributed by atoms with E-state index in [0.717, 1.165) is 0 Å². The van der Waals surface area contributed by atoms with E-state index in [4.69, 9.17) is 18.2 Å². The molecule has 0 aliphatic carbocycles. The molecule has 0 amide bonds. The summed E-state index contributed by atoms with van der Waals surface area (Å²) in [6.45, 7) is 6.52. The maximum Gasteiger partial charge on any atom is 0.307 e. The van der Waals surface area contributed by atoms with Crippen molar-refractivity contribution in [2.45, 2.75) is 0 Å². The van der Waals surface area contributed by atoms with Crippen LogP contribution in [-0.4, -0.2) is 9.97 Å². The fourth-order valence-electron chi connectivity index (χ4n) is 0.389. The molecule has 0 atom stereocenters. The van der Waals surface area contributed by atoms with Gasteiger partial charge in [-0.15, -0.1) is 4.98 Å². The molecule has 0 fully saturated rings. The molecule has 1 rings (SSSR count). The van der Waals surface area contributed by atoms with E-state index in [-0.39, 0.29) is 11.0 Å². The zero-order chi connectivity index (χ0) is 6.69. The molecule has 1 aromatic rings. The minimum absolute atomic E-state index is 0.152. The molecule has 0 saturated heterocycles. The van der Waals surface area contributed by atoms with E-state index >= 15 is 0 Å². The Labute approximate surface area is 57.1 Å². The molecule has 0 bridgehead atoms. The molecular formula is C5H2ClN3. The molecule has 9 heavy (non-hydrogen) atoms. The van der Waals surface area contributed by atoms with Gasteiger partial charge < -0.3 is 4.85 Å². The highest BCUT2D eigenvalue weighted by molar-refractivity contribution is 6.31. The lowest BCUT2D eigenvalue weighted by molar-refractivity contribution is 1.22. The largest absolute Gasteiger partial charge is 0.358 e. The summed E-state index contributed by atoms with van der Waals surface area (Å²) in [4.78, 5) is 10.3. The molecule has 44 valence electrons. The third-order valence-electron chi connectivity index (χ3n) is 0.742. The third-order valence-corrected chi connectivity index (χ3v) is 1.01. The van der Waals surface area contributed by atoms with Crippen LogP contribution >= 0.6 is 11.6 Å². The van der Waals surface area contributed by atoms with Crippen molar-refractivity contribution in [1.82, 2.24) is 9.97 Å². The van der Waals surface area contributed by atoms with Gasteiger partial charge in [-0.2, -0.15) is 0 Å². The van der Waals surface area contributed by atoms with Gasteiger partial charge in [0, 0.05) is 0 Å². The second-order valence-corrected chi connectivity index (χ2v) is 1.64. The molecule has 0 aliphatic heterocycles. The molecule has 1 aromatic heterocycles. The molecular weight excluding hydrogens is 138 g/mol. The van der Waals surface area contributed by atoms with Crippen LogP contribution in [0.4, 0.5) is 5.82 Å². The average Bonchev–Trinajstić information content (AvgIpc) is 1.89. The minimum Gasteiger partial charge on any atom is -0.358 e. The standard InChI is InChI=1S/C5H2ClN3/c1-7-5-4(6)8-2-3-9-5/h2-3H. The van der Waals surface area contributed by atoms with Crippen LogP contribution in [0, 0.1) is 6.57 Å². The molecule has 1 heterocycles. The summed E-state index contributed by atoms with van der Waals surface area (Å²) in [6, 6.07) is 0. The lowest BCUT2D eigenvalue weighted by Crippen LogP contribution is -1.75. The maximum absolute atomic E-state index is 6.52. The van der Waals surface area contributed by atoms with Crippen molar-refractivity contribution in [3.05, 3.63) is 29.0 Å². The van der Waals surface area contributed by atoms with Gasteiger partial charge in [0.05, 0.1) is 6.20 Å². The molecule has 4 heteroatoms. The SMILES string of the molecule is [C-]#[N+]c1nccnc1Cl. The normalized spacial score (nSPS) is 8.44. The summed E-state index contributed by atoms with van der Waals surface area (Å²) in [7, 11) is 0. The summed E-state index contributed by atoms with van der Waals surface area (Å²) in [6.07, 6.45) is 2.87. The van der Waals surface area contributed by atoms with E-state index < -0.39 is 0 Å². The van der Waals surface area contributed by atoms with Gasteiger partial charge in [-0.1, -0.05) is 18.2 Å². The van der Waals surface area contributed by atoms with E-state index in [9.17, 15) is 0 Å². The van der Waals surface area contributed by atoms with Gasteiger partial charge in [0.15, 0.2) is 5.15 Å². The summed E-state index contributed by atoms with van der Waals surface area (Å²) < 4.78 is 0. The number of hydrogen-bond acceptors (Lipinski definition) is 2. The zero-order valence-corrected chi connectivity index (χ0v) is 5.13. The van der Waals surface area contributed by atoms with Crippen LogP contribution in [0.15, 0.2) is 12.4 Å². The van der Waals surface area contributed by atoms with Gasteiger partial charge >= 0.3 is 5.82 Å². The number of halogens is 1. The number of aromatic nitrogens is 2. The third kappa shape index (κ3) is 1.15. The van der Waals surface area contributed by atoms with Crippen molar-refractivity contribution < 1.29 is 0 Å². The van der Waals surface area contributed by atoms with Crippen LogP contribution in [0.25, 0.3) is 4.85 Å². The Hall–Kier alpha value is -1.14. The molecule has 0 saturated carbocycles. The average molecular weight is 140 g/mol. The summed E-state index contributed by atoms with van der Waals surface area (Å²) in [5.41, 5.74) is 0. The fourth-order valence-corrected chi connectivity index (χ4v) is 0.536. The molecule has 3 nitrogen and oxygen atoms in total. The lowest BCUT2D eigenvalue weighted by atomic mass is 10.7. The van der Waals surface area contributed by atoms with Crippen molar-refractivity contribution in [3.63, 3.8) is 0 Å². The van der Waals surface area contributed by atoms with Crippen molar-refractivity contribution >= 4 is 17.4 Å². The van der Waals surface area contributed by atoms with Crippen molar-refractivity contribution in [2.75, 3.05) is 0 Å². The lowest BCUT2D eigenvalue weighted by Gasteiger charge is -1.86. The summed E-state index contributed by atoms with van der Waals surface area (Å²) in [5.74, 6) is 0.152. The van der Waals surface area contributed by atoms with Gasteiger partial charge in [0.25, 0.3) is 0 Å². The Bertz CT molecular complexity index is 253. The van der Waals surface area contributed by atoms with E-state index in [2.05, 4.69) is 14.8 Å². The minimum atomic E-state index is 0.152. The number of hydrogen-bond donors (Lipinski definition) is 0.